The fraction of sp³-hybridized carbons (Fsp3) is 0.118. The van der Waals surface area contributed by atoms with Gasteiger partial charge in [0.15, 0.2) is 5.76 Å². The van der Waals surface area contributed by atoms with Crippen molar-refractivity contribution in [3.05, 3.63) is 65.2 Å². The molecular weight excluding hydrogens is 269 g/mol. The normalized spacial score (nSPS) is 10.8. The Morgan fingerprint density at radius 1 is 1.10 bits per heavy atom. The molecule has 1 heterocycles. The smallest absolute Gasteiger partial charge is 0.291 e. The fourth-order valence-corrected chi connectivity index (χ4v) is 2.27. The second-order valence-corrected chi connectivity index (χ2v) is 5.02. The van der Waals surface area contributed by atoms with Crippen molar-refractivity contribution in [3.63, 3.8) is 0 Å². The van der Waals surface area contributed by atoms with Gasteiger partial charge in [-0.25, -0.2) is 4.39 Å². The molecule has 0 atom stereocenters. The van der Waals surface area contributed by atoms with E-state index in [9.17, 15) is 9.18 Å². The molecule has 3 rings (SSSR count). The molecule has 0 aliphatic rings. The van der Waals surface area contributed by atoms with E-state index in [1.165, 1.54) is 24.3 Å². The molecule has 3 aromatic rings. The summed E-state index contributed by atoms with van der Waals surface area (Å²) >= 11 is 0. The number of fused-ring (bicyclic) bond motifs is 1. The lowest BCUT2D eigenvalue weighted by atomic mass is 10.1. The van der Waals surface area contributed by atoms with Crippen molar-refractivity contribution in [2.75, 3.05) is 5.32 Å². The number of rotatable bonds is 2. The van der Waals surface area contributed by atoms with E-state index >= 15 is 0 Å². The summed E-state index contributed by atoms with van der Waals surface area (Å²) in [7, 11) is 0. The van der Waals surface area contributed by atoms with Crippen molar-refractivity contribution in [2.45, 2.75) is 13.8 Å². The molecule has 1 amide bonds. The van der Waals surface area contributed by atoms with Crippen LogP contribution in [0.3, 0.4) is 0 Å². The molecule has 0 radical (unpaired) electrons. The van der Waals surface area contributed by atoms with Crippen molar-refractivity contribution < 1.29 is 13.6 Å². The van der Waals surface area contributed by atoms with Gasteiger partial charge in [-0.3, -0.25) is 4.79 Å². The molecule has 4 heteroatoms. The number of nitrogens with one attached hydrogen (secondary N) is 1. The first-order chi connectivity index (χ1) is 10.0. The second-order valence-electron chi connectivity index (χ2n) is 5.02. The molecule has 106 valence electrons. The van der Waals surface area contributed by atoms with Crippen LogP contribution in [0, 0.1) is 19.7 Å². The summed E-state index contributed by atoms with van der Waals surface area (Å²) in [6.45, 7) is 3.84. The average Bonchev–Trinajstić information content (AvgIpc) is 2.79. The van der Waals surface area contributed by atoms with Gasteiger partial charge < -0.3 is 9.73 Å². The number of carbonyl (C=O) groups is 1. The number of amides is 1. The highest BCUT2D eigenvalue weighted by Gasteiger charge is 2.17. The van der Waals surface area contributed by atoms with Crippen LogP contribution < -0.4 is 5.32 Å². The molecule has 0 fully saturated rings. The summed E-state index contributed by atoms with van der Waals surface area (Å²) in [5.41, 5.74) is 3.12. The van der Waals surface area contributed by atoms with Crippen molar-refractivity contribution in [3.8, 4) is 0 Å². The van der Waals surface area contributed by atoms with Crippen LogP contribution in [0.2, 0.25) is 0 Å². The first-order valence-corrected chi connectivity index (χ1v) is 6.61. The predicted octanol–water partition coefficient (Wildman–Crippen LogP) is 4.44. The number of hydrogen-bond acceptors (Lipinski definition) is 2. The molecule has 0 saturated carbocycles. The Morgan fingerprint density at radius 3 is 2.52 bits per heavy atom. The van der Waals surface area contributed by atoms with Crippen LogP contribution in [0.15, 0.2) is 46.9 Å². The second kappa shape index (κ2) is 5.05. The van der Waals surface area contributed by atoms with Gasteiger partial charge in [-0.05, 0) is 50.2 Å². The molecule has 21 heavy (non-hydrogen) atoms. The molecule has 1 N–H and O–H groups in total. The van der Waals surface area contributed by atoms with Gasteiger partial charge in [0.25, 0.3) is 5.91 Å². The zero-order chi connectivity index (χ0) is 15.0. The number of aryl methyl sites for hydroxylation is 2. The van der Waals surface area contributed by atoms with Gasteiger partial charge in [0.05, 0.1) is 0 Å². The van der Waals surface area contributed by atoms with Gasteiger partial charge >= 0.3 is 0 Å². The Bertz CT molecular complexity index is 819. The van der Waals surface area contributed by atoms with Crippen LogP contribution in [0.25, 0.3) is 11.0 Å². The maximum atomic E-state index is 12.9. The number of furan rings is 1. The van der Waals surface area contributed by atoms with E-state index in [0.717, 1.165) is 16.5 Å². The van der Waals surface area contributed by atoms with Gasteiger partial charge in [0.2, 0.25) is 0 Å². The molecule has 0 bridgehead atoms. The standard InChI is InChI=1S/C17H14FNO2/c1-10-3-8-15-14(9-10)11(2)16(21-15)17(20)19-13-6-4-12(18)5-7-13/h3-9H,1-2H3,(H,19,20). The van der Waals surface area contributed by atoms with E-state index in [1.54, 1.807) is 0 Å². The van der Waals surface area contributed by atoms with Crippen molar-refractivity contribution in [2.24, 2.45) is 0 Å². The Morgan fingerprint density at radius 2 is 1.81 bits per heavy atom. The van der Waals surface area contributed by atoms with E-state index in [2.05, 4.69) is 5.32 Å². The van der Waals surface area contributed by atoms with E-state index in [1.807, 2.05) is 32.0 Å². The van der Waals surface area contributed by atoms with Gasteiger partial charge in [0, 0.05) is 16.6 Å². The summed E-state index contributed by atoms with van der Waals surface area (Å²) < 4.78 is 18.5. The third-order valence-corrected chi connectivity index (χ3v) is 3.40. The van der Waals surface area contributed by atoms with Crippen molar-refractivity contribution >= 4 is 22.6 Å². The van der Waals surface area contributed by atoms with Gasteiger partial charge in [-0.15, -0.1) is 0 Å². The number of hydrogen-bond donors (Lipinski definition) is 1. The Balaban J connectivity index is 1.94. The Hall–Kier alpha value is -2.62. The summed E-state index contributed by atoms with van der Waals surface area (Å²) in [5.74, 6) is -0.406. The minimum absolute atomic E-state index is 0.278. The quantitative estimate of drug-likeness (QED) is 0.755. The molecule has 3 nitrogen and oxygen atoms in total. The highest BCUT2D eigenvalue weighted by atomic mass is 19.1. The molecular formula is C17H14FNO2. The molecule has 2 aromatic carbocycles. The predicted molar refractivity (Wildman–Crippen MR) is 80.0 cm³/mol. The van der Waals surface area contributed by atoms with Crippen LogP contribution in [-0.2, 0) is 0 Å². The summed E-state index contributed by atoms with van der Waals surface area (Å²) in [6.07, 6.45) is 0. The number of anilines is 1. The zero-order valence-corrected chi connectivity index (χ0v) is 11.7. The van der Waals surface area contributed by atoms with E-state index in [4.69, 9.17) is 4.42 Å². The Labute approximate surface area is 121 Å². The lowest BCUT2D eigenvalue weighted by Gasteiger charge is -2.03. The topological polar surface area (TPSA) is 42.2 Å². The molecule has 1 aromatic heterocycles. The summed E-state index contributed by atoms with van der Waals surface area (Å²) in [5, 5.41) is 3.63. The maximum Gasteiger partial charge on any atom is 0.291 e. The molecule has 0 saturated heterocycles. The molecule has 0 spiro atoms. The van der Waals surface area contributed by atoms with E-state index in [-0.39, 0.29) is 17.5 Å². The SMILES string of the molecule is Cc1ccc2oc(C(=O)Nc3ccc(F)cc3)c(C)c2c1. The van der Waals surface area contributed by atoms with Crippen LogP contribution >= 0.6 is 0 Å². The van der Waals surface area contributed by atoms with Crippen molar-refractivity contribution in [1.82, 2.24) is 0 Å². The van der Waals surface area contributed by atoms with Crippen molar-refractivity contribution in [1.29, 1.82) is 0 Å². The molecule has 0 aliphatic carbocycles. The highest BCUT2D eigenvalue weighted by molar-refractivity contribution is 6.06. The van der Waals surface area contributed by atoms with Gasteiger partial charge in [-0.2, -0.15) is 0 Å². The molecule has 0 aliphatic heterocycles. The Kier molecular flexibility index (Phi) is 3.22. The highest BCUT2D eigenvalue weighted by Crippen LogP contribution is 2.26. The average molecular weight is 283 g/mol. The van der Waals surface area contributed by atoms with E-state index in [0.29, 0.717) is 11.3 Å². The van der Waals surface area contributed by atoms with Crippen LogP contribution in [0.5, 0.6) is 0 Å². The van der Waals surface area contributed by atoms with E-state index < -0.39 is 0 Å². The third kappa shape index (κ3) is 2.52. The van der Waals surface area contributed by atoms with Crippen LogP contribution in [0.4, 0.5) is 10.1 Å². The largest absolute Gasteiger partial charge is 0.451 e. The first-order valence-electron chi connectivity index (χ1n) is 6.61. The fourth-order valence-electron chi connectivity index (χ4n) is 2.27. The van der Waals surface area contributed by atoms with Gasteiger partial charge in [0.1, 0.15) is 11.4 Å². The minimum atomic E-state index is -0.344. The minimum Gasteiger partial charge on any atom is -0.451 e. The summed E-state index contributed by atoms with van der Waals surface area (Å²) in [4.78, 5) is 12.3. The zero-order valence-electron chi connectivity index (χ0n) is 11.7. The number of benzene rings is 2. The van der Waals surface area contributed by atoms with Crippen LogP contribution in [0.1, 0.15) is 21.7 Å². The lowest BCUT2D eigenvalue weighted by Crippen LogP contribution is -2.12. The van der Waals surface area contributed by atoms with Crippen LogP contribution in [-0.4, -0.2) is 5.91 Å². The number of halogens is 1. The third-order valence-electron chi connectivity index (χ3n) is 3.40. The first kappa shape index (κ1) is 13.4. The maximum absolute atomic E-state index is 12.9. The molecule has 0 unspecified atom stereocenters. The monoisotopic (exact) mass is 283 g/mol. The number of carbonyl (C=O) groups excluding carboxylic acids is 1. The summed E-state index contributed by atoms with van der Waals surface area (Å²) in [6, 6.07) is 11.4. The lowest BCUT2D eigenvalue weighted by molar-refractivity contribution is 0.0998. The van der Waals surface area contributed by atoms with Gasteiger partial charge in [-0.1, -0.05) is 11.6 Å².